The average Bonchev–Trinajstić information content (AvgIpc) is 3.06. The van der Waals surface area contributed by atoms with Crippen LogP contribution in [0.2, 0.25) is 0 Å². The van der Waals surface area contributed by atoms with E-state index in [-0.39, 0.29) is 5.91 Å². The first-order chi connectivity index (χ1) is 13.6. The van der Waals surface area contributed by atoms with Crippen molar-refractivity contribution in [3.63, 3.8) is 0 Å². The minimum atomic E-state index is -0.0997. The molecule has 0 bridgehead atoms. The third kappa shape index (κ3) is 3.11. The van der Waals surface area contributed by atoms with Gasteiger partial charge in [0.15, 0.2) is 0 Å². The SMILES string of the molecule is CCN(C(=O)c1c(C)oc2ncnc(N3CCOCC3)c12)c1ccccc1C. The number of amides is 1. The third-order valence-corrected chi connectivity index (χ3v) is 5.14. The van der Waals surface area contributed by atoms with Gasteiger partial charge >= 0.3 is 0 Å². The Bertz CT molecular complexity index is 1010. The lowest BCUT2D eigenvalue weighted by atomic mass is 10.1. The molecule has 1 aliphatic rings. The predicted octanol–water partition coefficient (Wildman–Crippen LogP) is 3.34. The van der Waals surface area contributed by atoms with E-state index in [1.54, 1.807) is 4.90 Å². The number of fused-ring (bicyclic) bond motifs is 1. The van der Waals surface area contributed by atoms with Crippen molar-refractivity contribution in [2.75, 3.05) is 42.6 Å². The number of carbonyl (C=O) groups is 1. The van der Waals surface area contributed by atoms with Crippen LogP contribution in [0.4, 0.5) is 11.5 Å². The Hall–Kier alpha value is -2.93. The van der Waals surface area contributed by atoms with Gasteiger partial charge < -0.3 is 19.0 Å². The van der Waals surface area contributed by atoms with Gasteiger partial charge in [-0.25, -0.2) is 9.97 Å². The van der Waals surface area contributed by atoms with Crippen LogP contribution in [-0.4, -0.2) is 48.7 Å². The quantitative estimate of drug-likeness (QED) is 0.691. The maximum atomic E-state index is 13.6. The number of anilines is 2. The van der Waals surface area contributed by atoms with Gasteiger partial charge in [0.05, 0.1) is 24.2 Å². The number of aryl methyl sites for hydroxylation is 2. The molecule has 1 fully saturated rings. The molecular weight excluding hydrogens is 356 g/mol. The summed E-state index contributed by atoms with van der Waals surface area (Å²) in [4.78, 5) is 26.3. The molecule has 0 spiro atoms. The van der Waals surface area contributed by atoms with Gasteiger partial charge in [0.1, 0.15) is 17.9 Å². The summed E-state index contributed by atoms with van der Waals surface area (Å²) in [7, 11) is 0. The van der Waals surface area contributed by atoms with Crippen molar-refractivity contribution in [1.29, 1.82) is 0 Å². The van der Waals surface area contributed by atoms with E-state index in [2.05, 4.69) is 14.9 Å². The van der Waals surface area contributed by atoms with Crippen LogP contribution in [0, 0.1) is 13.8 Å². The number of rotatable bonds is 4. The Labute approximate surface area is 163 Å². The number of morpholine rings is 1. The summed E-state index contributed by atoms with van der Waals surface area (Å²) in [6.45, 7) is 9.06. The molecule has 0 N–H and O–H groups in total. The van der Waals surface area contributed by atoms with E-state index in [4.69, 9.17) is 9.15 Å². The molecule has 1 aliphatic heterocycles. The summed E-state index contributed by atoms with van der Waals surface area (Å²) < 4.78 is 11.3. The van der Waals surface area contributed by atoms with Crippen LogP contribution in [0.3, 0.4) is 0 Å². The molecule has 3 aromatic rings. The highest BCUT2D eigenvalue weighted by Crippen LogP contribution is 2.33. The van der Waals surface area contributed by atoms with Crippen molar-refractivity contribution in [3.05, 3.63) is 47.5 Å². The number of benzene rings is 1. The van der Waals surface area contributed by atoms with Gasteiger partial charge in [0.25, 0.3) is 5.91 Å². The molecule has 0 saturated carbocycles. The molecular formula is C21H24N4O3. The molecule has 1 saturated heterocycles. The van der Waals surface area contributed by atoms with Gasteiger partial charge in [0, 0.05) is 25.3 Å². The highest BCUT2D eigenvalue weighted by Gasteiger charge is 2.29. The van der Waals surface area contributed by atoms with Gasteiger partial charge in [-0.3, -0.25) is 4.79 Å². The van der Waals surface area contributed by atoms with Crippen LogP contribution in [0.25, 0.3) is 11.1 Å². The van der Waals surface area contributed by atoms with Crippen molar-refractivity contribution < 1.29 is 13.9 Å². The predicted molar refractivity (Wildman–Crippen MR) is 108 cm³/mol. The third-order valence-electron chi connectivity index (χ3n) is 5.14. The molecule has 0 atom stereocenters. The van der Waals surface area contributed by atoms with Crippen LogP contribution in [0.1, 0.15) is 28.6 Å². The standard InChI is InChI=1S/C21H24N4O3/c1-4-25(16-8-6-5-7-14(16)2)21(26)17-15(3)28-20-18(17)19(22-13-23-20)24-9-11-27-12-10-24/h5-8,13H,4,9-12H2,1-3H3. The van der Waals surface area contributed by atoms with Crippen LogP contribution >= 0.6 is 0 Å². The molecule has 7 nitrogen and oxygen atoms in total. The van der Waals surface area contributed by atoms with E-state index < -0.39 is 0 Å². The highest BCUT2D eigenvalue weighted by atomic mass is 16.5. The summed E-state index contributed by atoms with van der Waals surface area (Å²) in [6.07, 6.45) is 1.49. The molecule has 2 aromatic heterocycles. The summed E-state index contributed by atoms with van der Waals surface area (Å²) in [6, 6.07) is 7.89. The minimum Gasteiger partial charge on any atom is -0.442 e. The number of para-hydroxylation sites is 1. The summed E-state index contributed by atoms with van der Waals surface area (Å²) in [5.74, 6) is 1.19. The molecule has 1 amide bonds. The molecule has 28 heavy (non-hydrogen) atoms. The first kappa shape index (κ1) is 18.4. The Morgan fingerprint density at radius 1 is 1.18 bits per heavy atom. The molecule has 0 radical (unpaired) electrons. The van der Waals surface area contributed by atoms with Crippen LogP contribution in [0.15, 0.2) is 35.0 Å². The normalized spacial score (nSPS) is 14.5. The first-order valence-corrected chi connectivity index (χ1v) is 9.56. The second-order valence-electron chi connectivity index (χ2n) is 6.85. The van der Waals surface area contributed by atoms with E-state index in [0.717, 1.165) is 30.2 Å². The fraction of sp³-hybridized carbons (Fsp3) is 0.381. The molecule has 0 unspecified atom stereocenters. The monoisotopic (exact) mass is 380 g/mol. The largest absolute Gasteiger partial charge is 0.442 e. The van der Waals surface area contributed by atoms with Crippen molar-refractivity contribution in [1.82, 2.24) is 9.97 Å². The van der Waals surface area contributed by atoms with Crippen molar-refractivity contribution in [3.8, 4) is 0 Å². The lowest BCUT2D eigenvalue weighted by Gasteiger charge is -2.28. The minimum absolute atomic E-state index is 0.0997. The maximum absolute atomic E-state index is 13.6. The molecule has 3 heterocycles. The zero-order chi connectivity index (χ0) is 19.7. The second kappa shape index (κ2) is 7.59. The number of aromatic nitrogens is 2. The van der Waals surface area contributed by atoms with Crippen molar-refractivity contribution in [2.24, 2.45) is 0 Å². The number of nitrogens with zero attached hydrogens (tertiary/aromatic N) is 4. The molecule has 1 aromatic carbocycles. The van der Waals surface area contributed by atoms with E-state index >= 15 is 0 Å². The fourth-order valence-corrected chi connectivity index (χ4v) is 3.73. The molecule has 0 aliphatic carbocycles. The molecule has 146 valence electrons. The van der Waals surface area contributed by atoms with Gasteiger partial charge in [-0.05, 0) is 32.4 Å². The smallest absolute Gasteiger partial charge is 0.262 e. The second-order valence-corrected chi connectivity index (χ2v) is 6.85. The van der Waals surface area contributed by atoms with Crippen LogP contribution < -0.4 is 9.80 Å². The van der Waals surface area contributed by atoms with Gasteiger partial charge in [0.2, 0.25) is 5.71 Å². The molecule has 7 heteroatoms. The Morgan fingerprint density at radius 3 is 2.64 bits per heavy atom. The number of hydrogen-bond donors (Lipinski definition) is 0. The Balaban J connectivity index is 1.84. The lowest BCUT2D eigenvalue weighted by molar-refractivity contribution is 0.0988. The summed E-state index contributed by atoms with van der Waals surface area (Å²) >= 11 is 0. The number of ether oxygens (including phenoxy) is 1. The van der Waals surface area contributed by atoms with Crippen LogP contribution in [0.5, 0.6) is 0 Å². The van der Waals surface area contributed by atoms with E-state index in [1.807, 2.05) is 45.0 Å². The van der Waals surface area contributed by atoms with Crippen molar-refractivity contribution >= 4 is 28.5 Å². The van der Waals surface area contributed by atoms with E-state index in [1.165, 1.54) is 6.33 Å². The Morgan fingerprint density at radius 2 is 1.93 bits per heavy atom. The average molecular weight is 380 g/mol. The van der Waals surface area contributed by atoms with Gasteiger partial charge in [-0.1, -0.05) is 18.2 Å². The topological polar surface area (TPSA) is 71.7 Å². The number of hydrogen-bond acceptors (Lipinski definition) is 6. The fourth-order valence-electron chi connectivity index (χ4n) is 3.73. The summed E-state index contributed by atoms with van der Waals surface area (Å²) in [5, 5.41) is 0.680. The van der Waals surface area contributed by atoms with Crippen LogP contribution in [-0.2, 0) is 4.74 Å². The summed E-state index contributed by atoms with van der Waals surface area (Å²) in [5.41, 5.74) is 2.92. The molecule has 4 rings (SSSR count). The zero-order valence-corrected chi connectivity index (χ0v) is 16.4. The zero-order valence-electron chi connectivity index (χ0n) is 16.4. The maximum Gasteiger partial charge on any atom is 0.262 e. The van der Waals surface area contributed by atoms with E-state index in [9.17, 15) is 4.79 Å². The lowest BCUT2D eigenvalue weighted by Crippen LogP contribution is -2.37. The highest BCUT2D eigenvalue weighted by molar-refractivity contribution is 6.16. The number of furan rings is 1. The van der Waals surface area contributed by atoms with Gasteiger partial charge in [-0.15, -0.1) is 0 Å². The van der Waals surface area contributed by atoms with Gasteiger partial charge in [-0.2, -0.15) is 0 Å². The van der Waals surface area contributed by atoms with Crippen molar-refractivity contribution in [2.45, 2.75) is 20.8 Å². The van der Waals surface area contributed by atoms with E-state index in [0.29, 0.717) is 42.2 Å². The first-order valence-electron chi connectivity index (χ1n) is 9.56. The number of carbonyl (C=O) groups excluding carboxylic acids is 1. The Kier molecular flexibility index (Phi) is 5.00.